The maximum Gasteiger partial charge on any atom is 0.276 e. The summed E-state index contributed by atoms with van der Waals surface area (Å²) >= 11 is 0. The molecule has 0 unspecified atom stereocenters. The van der Waals surface area contributed by atoms with Crippen LogP contribution in [0.25, 0.3) is 0 Å². The third-order valence-corrected chi connectivity index (χ3v) is 18.0. The van der Waals surface area contributed by atoms with E-state index < -0.39 is 155 Å². The molecule has 5 N–H and O–H groups in total. The van der Waals surface area contributed by atoms with Gasteiger partial charge in [-0.15, -0.1) is 0 Å². The quantitative estimate of drug-likeness (QED) is 0.108. The summed E-state index contributed by atoms with van der Waals surface area (Å²) in [5, 5.41) is 23.5. The molecule has 1 aliphatic heterocycles. The van der Waals surface area contributed by atoms with E-state index in [1.165, 1.54) is 87.7 Å². The van der Waals surface area contributed by atoms with Crippen LogP contribution in [0.1, 0.15) is 170 Å². The van der Waals surface area contributed by atoms with Crippen molar-refractivity contribution in [3.05, 3.63) is 12.2 Å². The van der Waals surface area contributed by atoms with Crippen LogP contribution in [0, 0.1) is 41.4 Å². The number of nitrogens with one attached hydrogen (secondary N) is 4. The van der Waals surface area contributed by atoms with Crippen LogP contribution in [0.5, 0.6) is 0 Å². The molecule has 0 radical (unpaired) electrons. The first-order valence-corrected chi connectivity index (χ1v) is 33.6. The molecule has 0 bridgehead atoms. The molecule has 0 spiro atoms. The molecule has 25 nitrogen and oxygen atoms in total. The highest BCUT2D eigenvalue weighted by molar-refractivity contribution is 6.00. The van der Waals surface area contributed by atoms with Gasteiger partial charge in [0.1, 0.15) is 54.4 Å². The summed E-state index contributed by atoms with van der Waals surface area (Å²) in [5.74, 6) is -10.7. The molecule has 25 heteroatoms. The third kappa shape index (κ3) is 23.3. The van der Waals surface area contributed by atoms with Crippen molar-refractivity contribution < 1.29 is 62.6 Å². The number of hydrogen-bond acceptors (Lipinski definition) is 14. The van der Waals surface area contributed by atoms with Gasteiger partial charge in [0.05, 0.1) is 19.3 Å². The summed E-state index contributed by atoms with van der Waals surface area (Å²) in [6.07, 6.45) is 2.74. The maximum atomic E-state index is 16.1. The molecule has 1 saturated heterocycles. The fourth-order valence-electron chi connectivity index (χ4n) is 11.5. The fourth-order valence-corrected chi connectivity index (χ4v) is 11.5. The summed E-state index contributed by atoms with van der Waals surface area (Å²) < 4.78 is 6.82. The van der Waals surface area contributed by atoms with E-state index in [0.29, 0.717) is 0 Å². The lowest BCUT2D eigenvalue weighted by Crippen LogP contribution is -2.70. The Morgan fingerprint density at radius 1 is 0.559 bits per heavy atom. The molecule has 1 rings (SSSR count). The van der Waals surface area contributed by atoms with Gasteiger partial charge in [-0.25, -0.2) is 0 Å². The van der Waals surface area contributed by atoms with Crippen molar-refractivity contribution in [2.75, 3.05) is 76.1 Å². The highest BCUT2D eigenvalue weighted by Crippen LogP contribution is 2.33. The van der Waals surface area contributed by atoms with Crippen LogP contribution in [0.2, 0.25) is 0 Å². The number of amides is 11. The van der Waals surface area contributed by atoms with E-state index in [-0.39, 0.29) is 81.4 Å². The smallest absolute Gasteiger partial charge is 0.276 e. The van der Waals surface area contributed by atoms with Gasteiger partial charge in [-0.3, -0.25) is 52.7 Å². The van der Waals surface area contributed by atoms with Gasteiger partial charge >= 0.3 is 0 Å². The van der Waals surface area contributed by atoms with Crippen molar-refractivity contribution in [3.63, 3.8) is 0 Å². The normalized spacial score (nSPS) is 26.6. The Labute approximate surface area is 557 Å². The first kappa shape index (κ1) is 84.8. The van der Waals surface area contributed by atoms with Gasteiger partial charge in [0, 0.05) is 67.8 Å². The standard InChI is InChI=1S/C68H124N12O13/c1-28-30-31-46(17)57(82)56-61(86)71-49(29-2)63(88)74(21)38-54(81)75(22)50(34-39(3)4)60(85)72-55(43(11)12)66(91)76(23)51(35-40(5)6)59(84)69-47(18)58(83)70-48(19)62(87)77(24)52(36-41(7)8)64(89)78(25)53(37-42(9)10)65(90)80(27)68(44(13)14,67(92)79(56)26)93-33-32-73(20)45(15)16/h28,30,39-53,55-57,82H,29,31-38H2,1-27H3,(H,69,84)(H,70,83)(H,71,86)(H,72,85)/b30-28+/t46-,47+,48-,49+,50+,51+,52+,53+,55+,56+,57-,68+/m1/s1. The second-order valence-electron chi connectivity index (χ2n) is 28.6. The SMILES string of the molecule is C/C=C/C[C@@H](C)[C@@H](O)[C@H]1C(=O)N[C@@H](CC)C(=O)N(C)CC(=O)N(C)[C@@H](CC(C)C)C(=O)N[C@@H](C(C)C)C(=O)N(C)[C@@H](CC(C)C)C(=O)N[C@@H](C)C(=O)N[C@H](C)C(=O)N(C)[C@@H](CC(C)C)C(=O)N(C)[C@@H](CC(C)C)C(=O)N(C)[C@](OCCN(C)C(C)C)(C(C)C)C(=O)N1C. The number of carbonyl (C=O) groups is 11. The van der Waals surface area contributed by atoms with E-state index in [2.05, 4.69) is 21.3 Å². The number of ether oxygens (including phenoxy) is 1. The van der Waals surface area contributed by atoms with Crippen molar-refractivity contribution in [3.8, 4) is 0 Å². The van der Waals surface area contributed by atoms with Crippen LogP contribution >= 0.6 is 0 Å². The van der Waals surface area contributed by atoms with Gasteiger partial charge < -0.3 is 70.3 Å². The average molecular weight is 1320 g/mol. The highest BCUT2D eigenvalue weighted by Gasteiger charge is 2.55. The lowest BCUT2D eigenvalue weighted by molar-refractivity contribution is -0.209. The van der Waals surface area contributed by atoms with E-state index in [4.69, 9.17) is 4.74 Å². The molecule has 0 aliphatic carbocycles. The lowest BCUT2D eigenvalue weighted by Gasteiger charge is -2.48. The van der Waals surface area contributed by atoms with E-state index in [9.17, 15) is 38.7 Å². The lowest BCUT2D eigenvalue weighted by atomic mass is 9.89. The summed E-state index contributed by atoms with van der Waals surface area (Å²) in [5.41, 5.74) is -2.24. The minimum absolute atomic E-state index is 0.0111. The number of likely N-dealkylation sites (N-methyl/N-ethyl adjacent to an activating group) is 8. The zero-order valence-corrected chi connectivity index (χ0v) is 61.8. The molecule has 1 aliphatic rings. The van der Waals surface area contributed by atoms with E-state index in [1.54, 1.807) is 60.6 Å². The Kier molecular flexibility index (Phi) is 35.0. The molecule has 0 aromatic heterocycles. The Morgan fingerprint density at radius 3 is 1.47 bits per heavy atom. The Hall–Kier alpha value is -6.21. The molecule has 93 heavy (non-hydrogen) atoms. The van der Waals surface area contributed by atoms with E-state index in [1.807, 2.05) is 81.2 Å². The number of nitrogens with zero attached hydrogens (tertiary/aromatic N) is 8. The molecule has 0 saturated carbocycles. The molecule has 534 valence electrons. The molecule has 1 heterocycles. The summed E-state index contributed by atoms with van der Waals surface area (Å²) in [4.78, 5) is 174. The Balaban J connectivity index is 4.60. The summed E-state index contributed by atoms with van der Waals surface area (Å²) in [6, 6.07) is -11.5. The van der Waals surface area contributed by atoms with Crippen molar-refractivity contribution in [2.45, 2.75) is 242 Å². The first-order chi connectivity index (χ1) is 42.9. The largest absolute Gasteiger partial charge is 0.390 e. The van der Waals surface area contributed by atoms with Crippen molar-refractivity contribution >= 4 is 65.0 Å². The van der Waals surface area contributed by atoms with Crippen molar-refractivity contribution in [1.82, 2.24) is 60.5 Å². The average Bonchev–Trinajstić information content (AvgIpc) is 0.773. The number of aliphatic hydroxyl groups is 1. The van der Waals surface area contributed by atoms with Gasteiger partial charge in [-0.1, -0.05) is 109 Å². The molecular weight excluding hydrogens is 1190 g/mol. The Morgan fingerprint density at radius 2 is 1.01 bits per heavy atom. The number of allylic oxidation sites excluding steroid dienone is 2. The van der Waals surface area contributed by atoms with E-state index in [0.717, 1.165) is 9.80 Å². The van der Waals surface area contributed by atoms with Gasteiger partial charge in [0.2, 0.25) is 64.8 Å². The second kappa shape index (κ2) is 38.4. The van der Waals surface area contributed by atoms with Crippen LogP contribution in [-0.4, -0.2) is 258 Å². The third-order valence-electron chi connectivity index (χ3n) is 18.0. The zero-order valence-electron chi connectivity index (χ0n) is 61.8. The number of rotatable bonds is 20. The highest BCUT2D eigenvalue weighted by atomic mass is 16.5. The minimum Gasteiger partial charge on any atom is -0.390 e. The molecule has 0 aromatic rings. The minimum atomic E-state index is -2.24. The van der Waals surface area contributed by atoms with Crippen LogP contribution < -0.4 is 21.3 Å². The summed E-state index contributed by atoms with van der Waals surface area (Å²) in [7, 11) is 11.7. The maximum absolute atomic E-state index is 16.1. The fraction of sp³-hybridized carbons (Fsp3) is 0.809. The van der Waals surface area contributed by atoms with Crippen LogP contribution in [-0.2, 0) is 57.5 Å². The second-order valence-corrected chi connectivity index (χ2v) is 28.6. The van der Waals surface area contributed by atoms with Crippen LogP contribution in [0.4, 0.5) is 0 Å². The van der Waals surface area contributed by atoms with Crippen molar-refractivity contribution in [1.29, 1.82) is 0 Å². The van der Waals surface area contributed by atoms with Gasteiger partial charge in [-0.2, -0.15) is 0 Å². The number of hydrogen-bond donors (Lipinski definition) is 5. The predicted octanol–water partition coefficient (Wildman–Crippen LogP) is 3.95. The number of aliphatic hydroxyl groups excluding tert-OH is 1. The molecule has 11 amide bonds. The zero-order chi connectivity index (χ0) is 72.2. The molecule has 0 aromatic carbocycles. The molecule has 12 atom stereocenters. The van der Waals surface area contributed by atoms with Gasteiger partial charge in [0.25, 0.3) is 5.91 Å². The van der Waals surface area contributed by atoms with Gasteiger partial charge in [0.15, 0.2) is 0 Å². The Bertz CT molecular complexity index is 2540. The number of carbonyl (C=O) groups excluding carboxylic acids is 11. The van der Waals surface area contributed by atoms with Crippen LogP contribution in [0.3, 0.4) is 0 Å². The van der Waals surface area contributed by atoms with Crippen LogP contribution in [0.15, 0.2) is 12.2 Å². The van der Waals surface area contributed by atoms with E-state index >= 15 is 19.2 Å². The van der Waals surface area contributed by atoms with Gasteiger partial charge in [-0.05, 0) is 116 Å². The summed E-state index contributed by atoms with van der Waals surface area (Å²) in [6.45, 7) is 33.3. The molecule has 1 fully saturated rings. The van der Waals surface area contributed by atoms with Crippen molar-refractivity contribution in [2.24, 2.45) is 41.4 Å². The monoisotopic (exact) mass is 1320 g/mol. The first-order valence-electron chi connectivity index (χ1n) is 33.6. The molecular formula is C68H124N12O13. The predicted molar refractivity (Wildman–Crippen MR) is 361 cm³/mol. The topological polar surface area (TPSA) is 291 Å².